The fourth-order valence-corrected chi connectivity index (χ4v) is 2.82. The van der Waals surface area contributed by atoms with Crippen molar-refractivity contribution in [3.63, 3.8) is 0 Å². The topological polar surface area (TPSA) is 97.1 Å². The molecular weight excluding hydrogens is 375 g/mol. The predicted octanol–water partition coefficient (Wildman–Crippen LogP) is 3.80. The van der Waals surface area contributed by atoms with E-state index in [-0.39, 0.29) is 23.5 Å². The molecule has 0 unspecified atom stereocenters. The SMILES string of the molecule is O=C(Cc1noc2ccccc12)Nc1cc(F)ccc1NC(=O)c1ccccn1. The van der Waals surface area contributed by atoms with Gasteiger partial charge in [-0.15, -0.1) is 0 Å². The van der Waals surface area contributed by atoms with Crippen molar-refractivity contribution in [3.8, 4) is 0 Å². The van der Waals surface area contributed by atoms with Crippen molar-refractivity contribution < 1.29 is 18.5 Å². The summed E-state index contributed by atoms with van der Waals surface area (Å²) in [7, 11) is 0. The first-order valence-electron chi connectivity index (χ1n) is 8.75. The van der Waals surface area contributed by atoms with Gasteiger partial charge in [0.15, 0.2) is 5.58 Å². The minimum Gasteiger partial charge on any atom is -0.356 e. The molecule has 144 valence electrons. The Hall–Kier alpha value is -4.07. The summed E-state index contributed by atoms with van der Waals surface area (Å²) in [6, 6.07) is 15.8. The van der Waals surface area contributed by atoms with Gasteiger partial charge in [0, 0.05) is 11.6 Å². The van der Waals surface area contributed by atoms with Gasteiger partial charge in [0.1, 0.15) is 17.2 Å². The Kier molecular flexibility index (Phi) is 4.98. The van der Waals surface area contributed by atoms with Crippen LogP contribution in [0.5, 0.6) is 0 Å². The molecule has 4 rings (SSSR count). The van der Waals surface area contributed by atoms with E-state index in [1.165, 1.54) is 18.3 Å². The number of nitrogens with zero attached hydrogens (tertiary/aromatic N) is 2. The second-order valence-electron chi connectivity index (χ2n) is 6.21. The number of halogens is 1. The highest BCUT2D eigenvalue weighted by molar-refractivity contribution is 6.06. The largest absolute Gasteiger partial charge is 0.356 e. The third kappa shape index (κ3) is 4.11. The summed E-state index contributed by atoms with van der Waals surface area (Å²) in [6.45, 7) is 0. The number of aromatic nitrogens is 2. The van der Waals surface area contributed by atoms with Gasteiger partial charge in [-0.05, 0) is 42.5 Å². The molecule has 0 aliphatic heterocycles. The van der Waals surface area contributed by atoms with Crippen LogP contribution in [0.1, 0.15) is 16.2 Å². The zero-order valence-corrected chi connectivity index (χ0v) is 15.1. The van der Waals surface area contributed by atoms with Crippen LogP contribution in [-0.4, -0.2) is 22.0 Å². The van der Waals surface area contributed by atoms with Crippen LogP contribution in [-0.2, 0) is 11.2 Å². The van der Waals surface area contributed by atoms with Crippen molar-refractivity contribution in [1.82, 2.24) is 10.1 Å². The van der Waals surface area contributed by atoms with Crippen molar-refractivity contribution in [3.05, 3.63) is 84.1 Å². The van der Waals surface area contributed by atoms with Gasteiger partial charge in [-0.1, -0.05) is 23.4 Å². The lowest BCUT2D eigenvalue weighted by molar-refractivity contribution is -0.115. The number of rotatable bonds is 5. The van der Waals surface area contributed by atoms with E-state index in [0.717, 1.165) is 11.5 Å². The first kappa shape index (κ1) is 18.3. The van der Waals surface area contributed by atoms with E-state index in [2.05, 4.69) is 20.8 Å². The Balaban J connectivity index is 1.52. The maximum Gasteiger partial charge on any atom is 0.274 e. The highest BCUT2D eigenvalue weighted by Gasteiger charge is 2.16. The van der Waals surface area contributed by atoms with Gasteiger partial charge in [-0.3, -0.25) is 14.6 Å². The lowest BCUT2D eigenvalue weighted by Gasteiger charge is -2.12. The highest BCUT2D eigenvalue weighted by Crippen LogP contribution is 2.24. The first-order chi connectivity index (χ1) is 14.1. The summed E-state index contributed by atoms with van der Waals surface area (Å²) in [4.78, 5) is 28.8. The lowest BCUT2D eigenvalue weighted by atomic mass is 10.1. The Labute approximate surface area is 164 Å². The molecule has 2 heterocycles. The van der Waals surface area contributed by atoms with E-state index in [1.807, 2.05) is 6.07 Å². The minimum atomic E-state index is -0.553. The van der Waals surface area contributed by atoms with Gasteiger partial charge in [0.05, 0.1) is 17.8 Å². The van der Waals surface area contributed by atoms with Crippen LogP contribution < -0.4 is 10.6 Å². The van der Waals surface area contributed by atoms with E-state index in [4.69, 9.17) is 4.52 Å². The van der Waals surface area contributed by atoms with Gasteiger partial charge in [-0.2, -0.15) is 0 Å². The number of carbonyl (C=O) groups excluding carboxylic acids is 2. The Morgan fingerprint density at radius 1 is 0.966 bits per heavy atom. The van der Waals surface area contributed by atoms with E-state index >= 15 is 0 Å². The smallest absolute Gasteiger partial charge is 0.274 e. The standard InChI is InChI=1S/C21H15FN4O3/c22-13-8-9-15(25-21(28)16-6-3-4-10-23-16)18(11-13)24-20(27)12-17-14-5-1-2-7-19(14)29-26-17/h1-11H,12H2,(H,24,27)(H,25,28). The number of fused-ring (bicyclic) bond motifs is 1. The summed E-state index contributed by atoms with van der Waals surface area (Å²) in [6.07, 6.45) is 1.42. The van der Waals surface area contributed by atoms with Gasteiger partial charge in [0.25, 0.3) is 5.91 Å². The molecule has 0 aliphatic rings. The molecule has 0 bridgehead atoms. The van der Waals surface area contributed by atoms with E-state index in [1.54, 1.807) is 36.4 Å². The van der Waals surface area contributed by atoms with Crippen LogP contribution in [0.15, 0.2) is 71.4 Å². The number of amides is 2. The quantitative estimate of drug-likeness (QED) is 0.540. The van der Waals surface area contributed by atoms with Gasteiger partial charge in [-0.25, -0.2) is 4.39 Å². The second-order valence-corrected chi connectivity index (χ2v) is 6.21. The van der Waals surface area contributed by atoms with Gasteiger partial charge < -0.3 is 15.2 Å². The van der Waals surface area contributed by atoms with Gasteiger partial charge >= 0.3 is 0 Å². The molecule has 0 atom stereocenters. The van der Waals surface area contributed by atoms with Crippen LogP contribution in [0, 0.1) is 5.82 Å². The molecule has 29 heavy (non-hydrogen) atoms. The molecule has 0 aliphatic carbocycles. The number of benzene rings is 2. The molecule has 2 N–H and O–H groups in total. The monoisotopic (exact) mass is 390 g/mol. The van der Waals surface area contributed by atoms with Gasteiger partial charge in [0.2, 0.25) is 5.91 Å². The predicted molar refractivity (Wildman–Crippen MR) is 105 cm³/mol. The molecule has 0 radical (unpaired) electrons. The van der Waals surface area contributed by atoms with E-state index < -0.39 is 17.6 Å². The molecule has 0 spiro atoms. The summed E-state index contributed by atoms with van der Waals surface area (Å²) >= 11 is 0. The maximum atomic E-state index is 13.7. The molecular formula is C21H15FN4O3. The molecule has 0 fully saturated rings. The van der Waals surface area contributed by atoms with E-state index in [0.29, 0.717) is 11.3 Å². The van der Waals surface area contributed by atoms with Crippen LogP contribution >= 0.6 is 0 Å². The van der Waals surface area contributed by atoms with Crippen LogP contribution in [0.3, 0.4) is 0 Å². The Morgan fingerprint density at radius 2 is 1.79 bits per heavy atom. The molecule has 7 nitrogen and oxygen atoms in total. The zero-order chi connectivity index (χ0) is 20.2. The average Bonchev–Trinajstić information content (AvgIpc) is 3.13. The molecule has 0 saturated heterocycles. The maximum absolute atomic E-state index is 13.7. The molecule has 2 amide bonds. The fourth-order valence-electron chi connectivity index (χ4n) is 2.82. The molecule has 4 aromatic rings. The van der Waals surface area contributed by atoms with Crippen LogP contribution in [0.25, 0.3) is 11.0 Å². The van der Waals surface area contributed by atoms with Crippen molar-refractivity contribution in [2.24, 2.45) is 0 Å². The minimum absolute atomic E-state index is 0.0683. The lowest BCUT2D eigenvalue weighted by Crippen LogP contribution is -2.19. The second kappa shape index (κ2) is 7.89. The summed E-state index contributed by atoms with van der Waals surface area (Å²) in [5, 5.41) is 9.89. The number of anilines is 2. The van der Waals surface area contributed by atoms with Crippen LogP contribution in [0.4, 0.5) is 15.8 Å². The van der Waals surface area contributed by atoms with Crippen molar-refractivity contribution in [1.29, 1.82) is 0 Å². The number of para-hydroxylation sites is 1. The number of nitrogens with one attached hydrogen (secondary N) is 2. The summed E-state index contributed by atoms with van der Waals surface area (Å²) in [5.41, 5.74) is 1.62. The van der Waals surface area contributed by atoms with E-state index in [9.17, 15) is 14.0 Å². The van der Waals surface area contributed by atoms with Crippen molar-refractivity contribution in [2.75, 3.05) is 10.6 Å². The molecule has 2 aromatic carbocycles. The molecule has 8 heteroatoms. The Morgan fingerprint density at radius 3 is 2.62 bits per heavy atom. The number of pyridine rings is 1. The number of hydrogen-bond donors (Lipinski definition) is 2. The average molecular weight is 390 g/mol. The van der Waals surface area contributed by atoms with Crippen LogP contribution in [0.2, 0.25) is 0 Å². The first-order valence-corrected chi connectivity index (χ1v) is 8.75. The number of hydrogen-bond acceptors (Lipinski definition) is 5. The molecule has 2 aromatic heterocycles. The van der Waals surface area contributed by atoms with Crippen molar-refractivity contribution in [2.45, 2.75) is 6.42 Å². The third-order valence-corrected chi connectivity index (χ3v) is 4.18. The third-order valence-electron chi connectivity index (χ3n) is 4.18. The normalized spacial score (nSPS) is 10.7. The zero-order valence-electron chi connectivity index (χ0n) is 15.1. The Bertz CT molecular complexity index is 1190. The summed E-state index contributed by atoms with van der Waals surface area (Å²) < 4.78 is 18.9. The van der Waals surface area contributed by atoms with Crippen molar-refractivity contribution >= 4 is 34.2 Å². The number of carbonyl (C=O) groups is 2. The molecule has 0 saturated carbocycles. The summed E-state index contributed by atoms with van der Waals surface area (Å²) in [5.74, 6) is -1.46. The fraction of sp³-hybridized carbons (Fsp3) is 0.0476. The highest BCUT2D eigenvalue weighted by atomic mass is 19.1.